The number of aryl methyl sites for hydroxylation is 2. The van der Waals surface area contributed by atoms with E-state index in [-0.39, 0.29) is 17.9 Å². The fourth-order valence-electron chi connectivity index (χ4n) is 3.36. The number of amides is 1. The van der Waals surface area contributed by atoms with Crippen LogP contribution in [-0.4, -0.2) is 47.1 Å². The molecule has 1 aliphatic heterocycles. The lowest BCUT2D eigenvalue weighted by atomic mass is 9.81. The molecule has 0 atom stereocenters. The van der Waals surface area contributed by atoms with Crippen LogP contribution in [0.4, 0.5) is 0 Å². The molecule has 0 aliphatic carbocycles. The van der Waals surface area contributed by atoms with Crippen molar-refractivity contribution in [1.82, 2.24) is 15.0 Å². The Kier molecular flexibility index (Phi) is 4.96. The third kappa shape index (κ3) is 3.48. The van der Waals surface area contributed by atoms with Crippen molar-refractivity contribution in [3.8, 4) is 5.82 Å². The molecule has 25 heavy (non-hydrogen) atoms. The topological polar surface area (TPSA) is 89.5 Å². The van der Waals surface area contributed by atoms with Crippen LogP contribution in [0.1, 0.15) is 40.3 Å². The van der Waals surface area contributed by atoms with Crippen LogP contribution in [0.15, 0.2) is 16.7 Å². The van der Waals surface area contributed by atoms with E-state index in [1.165, 1.54) is 0 Å². The fraction of sp³-hybridized carbons (Fsp3) is 0.556. The largest absolute Gasteiger partial charge is 0.396 e. The second-order valence-corrected chi connectivity index (χ2v) is 6.87. The zero-order valence-corrected chi connectivity index (χ0v) is 15.0. The van der Waals surface area contributed by atoms with Crippen molar-refractivity contribution in [1.29, 1.82) is 0 Å². The van der Waals surface area contributed by atoms with Gasteiger partial charge in [0.15, 0.2) is 5.82 Å². The first kappa shape index (κ1) is 17.7. The quantitative estimate of drug-likeness (QED) is 0.862. The number of nitrogens with one attached hydrogen (secondary N) is 1. The molecule has 0 saturated carbocycles. The van der Waals surface area contributed by atoms with Crippen LogP contribution < -0.4 is 5.32 Å². The van der Waals surface area contributed by atoms with Crippen LogP contribution in [0, 0.1) is 26.2 Å². The summed E-state index contributed by atoms with van der Waals surface area (Å²) in [6.45, 7) is 7.39. The molecule has 0 unspecified atom stereocenters. The van der Waals surface area contributed by atoms with E-state index in [1.807, 2.05) is 37.5 Å². The first-order valence-electron chi connectivity index (χ1n) is 8.55. The van der Waals surface area contributed by atoms with Gasteiger partial charge in [0.25, 0.3) is 5.91 Å². The molecule has 0 radical (unpaired) electrons. The lowest BCUT2D eigenvalue weighted by Gasteiger charge is -2.35. The van der Waals surface area contributed by atoms with E-state index in [0.717, 1.165) is 30.0 Å². The lowest BCUT2D eigenvalue weighted by Crippen LogP contribution is -2.43. The Morgan fingerprint density at radius 2 is 2.04 bits per heavy atom. The van der Waals surface area contributed by atoms with E-state index in [9.17, 15) is 9.90 Å². The predicted molar refractivity (Wildman–Crippen MR) is 91.9 cm³/mol. The molecule has 2 aromatic heterocycles. The maximum Gasteiger partial charge on any atom is 0.253 e. The summed E-state index contributed by atoms with van der Waals surface area (Å²) >= 11 is 0. The molecule has 3 rings (SSSR count). The van der Waals surface area contributed by atoms with Gasteiger partial charge in [0.1, 0.15) is 5.76 Å². The maximum absolute atomic E-state index is 12.7. The Balaban J connectivity index is 1.76. The molecular formula is C18H25N3O4. The molecule has 1 saturated heterocycles. The number of aliphatic hydroxyl groups is 1. The smallest absolute Gasteiger partial charge is 0.253 e. The molecule has 2 N–H and O–H groups in total. The molecule has 2 aromatic rings. The number of aromatic nitrogens is 2. The van der Waals surface area contributed by atoms with Crippen LogP contribution in [0.25, 0.3) is 5.82 Å². The Labute approximate surface area is 147 Å². The molecule has 0 spiro atoms. The number of hydrogen-bond donors (Lipinski definition) is 2. The van der Waals surface area contributed by atoms with Crippen molar-refractivity contribution in [2.75, 3.05) is 26.4 Å². The van der Waals surface area contributed by atoms with Crippen molar-refractivity contribution in [3.05, 3.63) is 34.8 Å². The highest BCUT2D eigenvalue weighted by Gasteiger charge is 2.32. The molecule has 0 aromatic carbocycles. The number of ether oxygens (including phenoxy) is 1. The van der Waals surface area contributed by atoms with Crippen LogP contribution in [-0.2, 0) is 4.74 Å². The van der Waals surface area contributed by atoms with E-state index in [1.54, 1.807) is 0 Å². The van der Waals surface area contributed by atoms with Gasteiger partial charge in [-0.1, -0.05) is 5.16 Å². The molecule has 7 heteroatoms. The van der Waals surface area contributed by atoms with Crippen molar-refractivity contribution >= 4 is 5.91 Å². The highest BCUT2D eigenvalue weighted by molar-refractivity contribution is 5.95. The highest BCUT2D eigenvalue weighted by Crippen LogP contribution is 2.29. The summed E-state index contributed by atoms with van der Waals surface area (Å²) in [5.74, 6) is 1.25. The summed E-state index contributed by atoms with van der Waals surface area (Å²) in [5.41, 5.74) is 2.05. The first-order valence-corrected chi connectivity index (χ1v) is 8.55. The summed E-state index contributed by atoms with van der Waals surface area (Å²) in [7, 11) is 0. The second kappa shape index (κ2) is 7.01. The lowest BCUT2D eigenvalue weighted by molar-refractivity contribution is -0.0146. The van der Waals surface area contributed by atoms with Crippen LogP contribution in [0.5, 0.6) is 0 Å². The minimum absolute atomic E-state index is 0.0495. The molecule has 3 heterocycles. The minimum Gasteiger partial charge on any atom is -0.396 e. The highest BCUT2D eigenvalue weighted by atomic mass is 16.5. The molecule has 1 fully saturated rings. The predicted octanol–water partition coefficient (Wildman–Crippen LogP) is 1.91. The average Bonchev–Trinajstić information content (AvgIpc) is 3.16. The number of carbonyl (C=O) groups is 1. The van der Waals surface area contributed by atoms with E-state index >= 15 is 0 Å². The summed E-state index contributed by atoms with van der Waals surface area (Å²) in [6, 6.07) is 3.69. The Morgan fingerprint density at radius 3 is 2.64 bits per heavy atom. The number of nitrogens with zero attached hydrogens (tertiary/aromatic N) is 2. The maximum atomic E-state index is 12.7. The third-order valence-corrected chi connectivity index (χ3v) is 5.03. The molecular weight excluding hydrogens is 322 g/mol. The van der Waals surface area contributed by atoms with Gasteiger partial charge in [0, 0.05) is 42.6 Å². The van der Waals surface area contributed by atoms with E-state index in [4.69, 9.17) is 9.26 Å². The van der Waals surface area contributed by atoms with E-state index in [2.05, 4.69) is 10.5 Å². The Morgan fingerprint density at radius 1 is 1.32 bits per heavy atom. The number of rotatable bonds is 5. The van der Waals surface area contributed by atoms with Gasteiger partial charge in [-0.15, -0.1) is 0 Å². The molecule has 136 valence electrons. The van der Waals surface area contributed by atoms with Gasteiger partial charge < -0.3 is 19.7 Å². The average molecular weight is 347 g/mol. The Hall–Kier alpha value is -2.12. The minimum atomic E-state index is -0.289. The normalized spacial score (nSPS) is 16.8. The number of carbonyl (C=O) groups excluding carboxylic acids is 1. The third-order valence-electron chi connectivity index (χ3n) is 5.03. The van der Waals surface area contributed by atoms with Gasteiger partial charge in [0.2, 0.25) is 0 Å². The fourth-order valence-corrected chi connectivity index (χ4v) is 3.36. The first-order chi connectivity index (χ1) is 12.0. The van der Waals surface area contributed by atoms with Crippen LogP contribution in [0.3, 0.4) is 0 Å². The molecule has 1 amide bonds. The van der Waals surface area contributed by atoms with Gasteiger partial charge in [-0.25, -0.2) is 0 Å². The van der Waals surface area contributed by atoms with Gasteiger partial charge >= 0.3 is 0 Å². The van der Waals surface area contributed by atoms with Gasteiger partial charge in [-0.05, 0) is 39.7 Å². The van der Waals surface area contributed by atoms with Gasteiger partial charge in [-0.2, -0.15) is 0 Å². The number of hydrogen-bond acceptors (Lipinski definition) is 5. The standard InChI is InChI=1S/C18H25N3O4/c1-12-8-15(14(3)21(12)16-9-13(2)25-20-16)17(23)19-10-18(11-22)4-6-24-7-5-18/h8-9,22H,4-7,10-11H2,1-3H3,(H,19,23). The zero-order valence-electron chi connectivity index (χ0n) is 15.0. The van der Waals surface area contributed by atoms with Crippen LogP contribution >= 0.6 is 0 Å². The summed E-state index contributed by atoms with van der Waals surface area (Å²) < 4.78 is 12.4. The molecule has 1 aliphatic rings. The summed E-state index contributed by atoms with van der Waals surface area (Å²) in [6.07, 6.45) is 1.50. The summed E-state index contributed by atoms with van der Waals surface area (Å²) in [4.78, 5) is 12.7. The molecule has 0 bridgehead atoms. The van der Waals surface area contributed by atoms with Gasteiger partial charge in [0.05, 0.1) is 12.2 Å². The molecule has 7 nitrogen and oxygen atoms in total. The van der Waals surface area contributed by atoms with E-state index in [0.29, 0.717) is 31.1 Å². The second-order valence-electron chi connectivity index (χ2n) is 6.87. The Bertz CT molecular complexity index is 756. The van der Waals surface area contributed by atoms with Gasteiger partial charge in [-0.3, -0.25) is 9.36 Å². The zero-order chi connectivity index (χ0) is 18.0. The van der Waals surface area contributed by atoms with E-state index < -0.39 is 0 Å². The monoisotopic (exact) mass is 347 g/mol. The van der Waals surface area contributed by atoms with Crippen molar-refractivity contribution in [2.24, 2.45) is 5.41 Å². The summed E-state index contributed by atoms with van der Waals surface area (Å²) in [5, 5.41) is 16.8. The van der Waals surface area contributed by atoms with Crippen molar-refractivity contribution in [3.63, 3.8) is 0 Å². The van der Waals surface area contributed by atoms with Crippen LogP contribution in [0.2, 0.25) is 0 Å². The van der Waals surface area contributed by atoms with Crippen molar-refractivity contribution < 1.29 is 19.2 Å². The van der Waals surface area contributed by atoms with Crippen molar-refractivity contribution in [2.45, 2.75) is 33.6 Å². The SMILES string of the molecule is Cc1cc(-n2c(C)cc(C(=O)NCC3(CO)CCOCC3)c2C)no1. The number of aliphatic hydroxyl groups excluding tert-OH is 1.